The van der Waals surface area contributed by atoms with E-state index in [1.54, 1.807) is 36.4 Å². The second-order valence-corrected chi connectivity index (χ2v) is 9.08. The Morgan fingerprint density at radius 2 is 1.82 bits per heavy atom. The van der Waals surface area contributed by atoms with Gasteiger partial charge in [0.1, 0.15) is 5.57 Å². The molecule has 11 nitrogen and oxygen atoms in total. The average Bonchev–Trinajstić information content (AvgIpc) is 3.39. The van der Waals surface area contributed by atoms with E-state index in [0.29, 0.717) is 27.2 Å². The van der Waals surface area contributed by atoms with Gasteiger partial charge in [0.2, 0.25) is 6.79 Å². The van der Waals surface area contributed by atoms with Gasteiger partial charge in [-0.1, -0.05) is 34.1 Å². The summed E-state index contributed by atoms with van der Waals surface area (Å²) < 4.78 is 22.1. The molecule has 0 bridgehead atoms. The van der Waals surface area contributed by atoms with Crippen LogP contribution in [0.15, 0.2) is 70.7 Å². The van der Waals surface area contributed by atoms with Gasteiger partial charge >= 0.3 is 6.03 Å². The van der Waals surface area contributed by atoms with Crippen molar-refractivity contribution in [1.29, 1.82) is 0 Å². The van der Waals surface area contributed by atoms with Crippen LogP contribution in [-0.2, 0) is 14.4 Å². The Balaban J connectivity index is 1.37. The van der Waals surface area contributed by atoms with Crippen molar-refractivity contribution < 1.29 is 38.1 Å². The first-order valence-electron chi connectivity index (χ1n) is 11.5. The second-order valence-electron chi connectivity index (χ2n) is 8.22. The fraction of sp³-hybridized carbons (Fsp3) is 0.111. The van der Waals surface area contributed by atoms with E-state index in [-0.39, 0.29) is 42.1 Å². The molecule has 2 aliphatic heterocycles. The highest BCUT2D eigenvalue weighted by atomic mass is 79.9. The summed E-state index contributed by atoms with van der Waals surface area (Å²) in [4.78, 5) is 51.6. The summed E-state index contributed by atoms with van der Waals surface area (Å²) in [5.74, 6) is -0.695. The molecule has 0 radical (unpaired) electrons. The van der Waals surface area contributed by atoms with Gasteiger partial charge in [0.25, 0.3) is 17.7 Å². The molecule has 3 aromatic rings. The molecule has 5 amide bonds. The number of fused-ring (bicyclic) bond motifs is 1. The van der Waals surface area contributed by atoms with Gasteiger partial charge in [0, 0.05) is 16.2 Å². The first-order valence-corrected chi connectivity index (χ1v) is 12.3. The zero-order valence-electron chi connectivity index (χ0n) is 20.4. The van der Waals surface area contributed by atoms with Crippen molar-refractivity contribution in [3.8, 4) is 23.0 Å². The molecular formula is C27H20BrN3O8. The molecule has 1 saturated heterocycles. The fourth-order valence-corrected chi connectivity index (χ4v) is 4.30. The van der Waals surface area contributed by atoms with Crippen molar-refractivity contribution in [3.63, 3.8) is 0 Å². The molecule has 2 N–H and O–H groups in total. The van der Waals surface area contributed by atoms with E-state index in [1.165, 1.54) is 31.4 Å². The summed E-state index contributed by atoms with van der Waals surface area (Å²) >= 11 is 3.41. The monoisotopic (exact) mass is 593 g/mol. The van der Waals surface area contributed by atoms with Gasteiger partial charge in [-0.15, -0.1) is 0 Å². The standard InChI is InChI=1S/C27H20BrN3O8/c1-36-21-10-15(19(28)12-23(21)37-13-24(32)29-16-5-3-2-4-6-16)9-18-25(33)30-27(35)31(26(18)34)17-7-8-20-22(11-17)39-14-38-20/h2-12H,13-14H2,1H3,(H,29,32)(H,30,33,35)/b18-9+. The molecule has 12 heteroatoms. The van der Waals surface area contributed by atoms with Crippen LogP contribution in [0.2, 0.25) is 0 Å². The van der Waals surface area contributed by atoms with Gasteiger partial charge in [-0.2, -0.15) is 0 Å². The number of carbonyl (C=O) groups excluding carboxylic acids is 4. The summed E-state index contributed by atoms with van der Waals surface area (Å²) in [6.45, 7) is -0.262. The van der Waals surface area contributed by atoms with Crippen molar-refractivity contribution in [2.24, 2.45) is 0 Å². The minimum absolute atomic E-state index is 0.0236. The molecule has 0 atom stereocenters. The number of carbonyl (C=O) groups is 4. The van der Waals surface area contributed by atoms with Crippen molar-refractivity contribution in [2.75, 3.05) is 30.7 Å². The third-order valence-corrected chi connectivity index (χ3v) is 6.40. The molecule has 0 aromatic heterocycles. The Bertz CT molecular complexity index is 1520. The van der Waals surface area contributed by atoms with Crippen LogP contribution in [0.4, 0.5) is 16.2 Å². The molecule has 2 aliphatic rings. The number of benzene rings is 3. The number of hydrogen-bond acceptors (Lipinski definition) is 8. The van der Waals surface area contributed by atoms with Crippen molar-refractivity contribution in [1.82, 2.24) is 5.32 Å². The van der Waals surface area contributed by atoms with Crippen LogP contribution in [0.5, 0.6) is 23.0 Å². The van der Waals surface area contributed by atoms with E-state index >= 15 is 0 Å². The number of rotatable bonds is 7. The summed E-state index contributed by atoms with van der Waals surface area (Å²) in [5, 5.41) is 4.90. The SMILES string of the molecule is COc1cc(/C=C2\C(=O)NC(=O)N(c3ccc4c(c3)OCO4)C2=O)c(Br)cc1OCC(=O)Nc1ccccc1. The number of nitrogens with zero attached hydrogens (tertiary/aromatic N) is 1. The number of ether oxygens (including phenoxy) is 4. The number of imide groups is 2. The molecule has 0 unspecified atom stereocenters. The van der Waals surface area contributed by atoms with Crippen LogP contribution in [0.25, 0.3) is 6.08 Å². The van der Waals surface area contributed by atoms with Gasteiger partial charge < -0.3 is 24.3 Å². The molecule has 1 fully saturated rings. The zero-order valence-corrected chi connectivity index (χ0v) is 21.9. The lowest BCUT2D eigenvalue weighted by Crippen LogP contribution is -2.54. The lowest BCUT2D eigenvalue weighted by molar-refractivity contribution is -0.122. The maximum Gasteiger partial charge on any atom is 0.335 e. The van der Waals surface area contributed by atoms with Crippen molar-refractivity contribution >= 4 is 57.1 Å². The number of barbiturate groups is 1. The van der Waals surface area contributed by atoms with E-state index in [2.05, 4.69) is 26.6 Å². The highest BCUT2D eigenvalue weighted by Gasteiger charge is 2.37. The number of amides is 5. The molecule has 2 heterocycles. The Labute approximate surface area is 230 Å². The molecule has 198 valence electrons. The molecule has 0 spiro atoms. The number of para-hydroxylation sites is 1. The molecular weight excluding hydrogens is 574 g/mol. The summed E-state index contributed by atoms with van der Waals surface area (Å²) in [6, 6.07) is 15.7. The van der Waals surface area contributed by atoms with Crippen molar-refractivity contribution in [3.05, 3.63) is 76.3 Å². The first kappa shape index (κ1) is 25.8. The van der Waals surface area contributed by atoms with Gasteiger partial charge in [-0.25, -0.2) is 9.69 Å². The van der Waals surface area contributed by atoms with Crippen LogP contribution in [0.1, 0.15) is 5.56 Å². The number of urea groups is 1. The smallest absolute Gasteiger partial charge is 0.335 e. The summed E-state index contributed by atoms with van der Waals surface area (Å²) in [5.41, 5.74) is 0.941. The predicted octanol–water partition coefficient (Wildman–Crippen LogP) is 3.87. The second kappa shape index (κ2) is 10.9. The maximum atomic E-state index is 13.3. The minimum atomic E-state index is -0.893. The van der Waals surface area contributed by atoms with Gasteiger partial charge in [0.05, 0.1) is 12.8 Å². The Morgan fingerprint density at radius 3 is 2.59 bits per heavy atom. The highest BCUT2D eigenvalue weighted by Crippen LogP contribution is 2.37. The topological polar surface area (TPSA) is 133 Å². The normalized spacial score (nSPS) is 15.3. The van der Waals surface area contributed by atoms with Crippen LogP contribution in [0, 0.1) is 0 Å². The maximum absolute atomic E-state index is 13.3. The van der Waals surface area contributed by atoms with E-state index in [0.717, 1.165) is 4.90 Å². The third kappa shape index (κ3) is 5.41. The van der Waals surface area contributed by atoms with E-state index < -0.39 is 17.8 Å². The van der Waals surface area contributed by atoms with Gasteiger partial charge in [-0.05, 0) is 48.0 Å². The first-order chi connectivity index (χ1) is 18.8. The largest absolute Gasteiger partial charge is 0.493 e. The lowest BCUT2D eigenvalue weighted by Gasteiger charge is -2.26. The Hall–Kier alpha value is -4.84. The van der Waals surface area contributed by atoms with E-state index in [4.69, 9.17) is 18.9 Å². The summed E-state index contributed by atoms with van der Waals surface area (Å²) in [6.07, 6.45) is 1.32. The van der Waals surface area contributed by atoms with E-state index in [1.807, 2.05) is 6.07 Å². The molecule has 39 heavy (non-hydrogen) atoms. The molecule has 3 aromatic carbocycles. The molecule has 0 saturated carbocycles. The molecule has 5 rings (SSSR count). The highest BCUT2D eigenvalue weighted by molar-refractivity contribution is 9.10. The predicted molar refractivity (Wildman–Crippen MR) is 143 cm³/mol. The number of methoxy groups -OCH3 is 1. The Kier molecular flexibility index (Phi) is 7.19. The number of anilines is 2. The fourth-order valence-electron chi connectivity index (χ4n) is 3.87. The van der Waals surface area contributed by atoms with Crippen LogP contribution in [0.3, 0.4) is 0 Å². The Morgan fingerprint density at radius 1 is 1.05 bits per heavy atom. The average molecular weight is 594 g/mol. The van der Waals surface area contributed by atoms with E-state index in [9.17, 15) is 19.2 Å². The van der Waals surface area contributed by atoms with Crippen molar-refractivity contribution in [2.45, 2.75) is 0 Å². The van der Waals surface area contributed by atoms with Gasteiger partial charge in [0.15, 0.2) is 29.6 Å². The zero-order chi connectivity index (χ0) is 27.5. The lowest BCUT2D eigenvalue weighted by atomic mass is 10.1. The number of halogens is 1. The van der Waals surface area contributed by atoms with Gasteiger partial charge in [-0.3, -0.25) is 19.7 Å². The quantitative estimate of drug-likeness (QED) is 0.311. The van der Waals surface area contributed by atoms with Crippen LogP contribution < -0.4 is 34.5 Å². The number of hydrogen-bond donors (Lipinski definition) is 2. The number of nitrogens with one attached hydrogen (secondary N) is 2. The minimum Gasteiger partial charge on any atom is -0.493 e. The van der Waals surface area contributed by atoms with Crippen LogP contribution in [-0.4, -0.2) is 44.3 Å². The molecule has 0 aliphatic carbocycles. The third-order valence-electron chi connectivity index (χ3n) is 5.72. The van der Waals surface area contributed by atoms with Crippen LogP contribution >= 0.6 is 15.9 Å². The summed E-state index contributed by atoms with van der Waals surface area (Å²) in [7, 11) is 1.41.